The maximum absolute atomic E-state index is 12.2. The van der Waals surface area contributed by atoms with Gasteiger partial charge >= 0.3 is 0 Å². The topological polar surface area (TPSA) is 66.9 Å². The fraction of sp³-hybridized carbons (Fsp3) is 0.389. The first-order chi connectivity index (χ1) is 12.2. The predicted molar refractivity (Wildman–Crippen MR) is 104 cm³/mol. The predicted octanol–water partition coefficient (Wildman–Crippen LogP) is 3.47. The molecule has 1 fully saturated rings. The molecule has 0 aliphatic heterocycles. The number of aromatic nitrogens is 2. The minimum Gasteiger partial charge on any atom is -0.357 e. The number of hydrogen-bond acceptors (Lipinski definition) is 6. The molecule has 1 aliphatic carbocycles. The average molecular weight is 375 g/mol. The molecule has 0 saturated heterocycles. The van der Waals surface area contributed by atoms with Crippen molar-refractivity contribution < 1.29 is 4.79 Å². The molecular formula is C18H22N4OS2. The van der Waals surface area contributed by atoms with Crippen LogP contribution in [0, 0.1) is 0 Å². The number of carbonyl (C=O) groups is 1. The number of rotatable bonds is 9. The van der Waals surface area contributed by atoms with E-state index in [-0.39, 0.29) is 11.3 Å². The van der Waals surface area contributed by atoms with E-state index in [1.165, 1.54) is 35.1 Å². The summed E-state index contributed by atoms with van der Waals surface area (Å²) in [5.41, 5.74) is 1.45. The van der Waals surface area contributed by atoms with Crippen molar-refractivity contribution in [1.82, 2.24) is 15.5 Å². The molecule has 0 spiro atoms. The van der Waals surface area contributed by atoms with Crippen molar-refractivity contribution >= 4 is 34.1 Å². The van der Waals surface area contributed by atoms with Crippen LogP contribution in [0.5, 0.6) is 0 Å². The van der Waals surface area contributed by atoms with E-state index < -0.39 is 0 Å². The van der Waals surface area contributed by atoms with Crippen LogP contribution in [0.15, 0.2) is 47.3 Å². The molecule has 2 aromatic rings. The number of thioether (sulfide) groups is 1. The van der Waals surface area contributed by atoms with Crippen molar-refractivity contribution in [3.8, 4) is 0 Å². The average Bonchev–Trinajstić information content (AvgIpc) is 3.06. The van der Waals surface area contributed by atoms with Crippen LogP contribution >= 0.6 is 23.1 Å². The second-order valence-electron chi connectivity index (χ2n) is 6.11. The van der Waals surface area contributed by atoms with E-state index in [0.29, 0.717) is 18.8 Å². The zero-order chi connectivity index (χ0) is 17.5. The third kappa shape index (κ3) is 4.61. The van der Waals surface area contributed by atoms with Gasteiger partial charge in [0.25, 0.3) is 0 Å². The lowest BCUT2D eigenvalue weighted by Crippen LogP contribution is -2.46. The highest BCUT2D eigenvalue weighted by Crippen LogP contribution is 2.43. The van der Waals surface area contributed by atoms with Gasteiger partial charge in [0.15, 0.2) is 4.34 Å². The SMILES string of the molecule is C=CCNc1nnc(SCC(=O)NCC2(c3ccccc3)CCC2)s1. The number of nitrogens with zero attached hydrogens (tertiary/aromatic N) is 2. The Balaban J connectivity index is 1.46. The molecule has 1 amide bonds. The van der Waals surface area contributed by atoms with Crippen LogP contribution < -0.4 is 10.6 Å². The minimum atomic E-state index is 0.0445. The number of amides is 1. The van der Waals surface area contributed by atoms with Gasteiger partial charge in [-0.2, -0.15) is 0 Å². The van der Waals surface area contributed by atoms with E-state index in [1.807, 2.05) is 6.07 Å². The van der Waals surface area contributed by atoms with Crippen LogP contribution in [0.1, 0.15) is 24.8 Å². The highest BCUT2D eigenvalue weighted by atomic mass is 32.2. The number of benzene rings is 1. The van der Waals surface area contributed by atoms with E-state index in [2.05, 4.69) is 51.7 Å². The Kier molecular flexibility index (Phi) is 6.09. The summed E-state index contributed by atoms with van der Waals surface area (Å²) >= 11 is 2.87. The highest BCUT2D eigenvalue weighted by Gasteiger charge is 2.38. The normalized spacial score (nSPS) is 15.2. The van der Waals surface area contributed by atoms with E-state index in [1.54, 1.807) is 6.08 Å². The molecule has 132 valence electrons. The smallest absolute Gasteiger partial charge is 0.230 e. The molecule has 0 bridgehead atoms. The summed E-state index contributed by atoms with van der Waals surface area (Å²) in [7, 11) is 0. The lowest BCUT2D eigenvalue weighted by Gasteiger charge is -2.42. The van der Waals surface area contributed by atoms with Crippen LogP contribution in [0.4, 0.5) is 5.13 Å². The van der Waals surface area contributed by atoms with Gasteiger partial charge in [0, 0.05) is 18.5 Å². The Morgan fingerprint density at radius 1 is 1.32 bits per heavy atom. The molecule has 0 atom stereocenters. The van der Waals surface area contributed by atoms with Gasteiger partial charge in [-0.25, -0.2) is 0 Å². The highest BCUT2D eigenvalue weighted by molar-refractivity contribution is 8.01. The first kappa shape index (κ1) is 17.9. The molecule has 0 unspecified atom stereocenters. The quantitative estimate of drug-likeness (QED) is 0.520. The Labute approximate surface area is 156 Å². The van der Waals surface area contributed by atoms with Crippen molar-refractivity contribution in [3.05, 3.63) is 48.6 Å². The molecule has 2 N–H and O–H groups in total. The van der Waals surface area contributed by atoms with Gasteiger partial charge in [0.05, 0.1) is 5.75 Å². The lowest BCUT2D eigenvalue weighted by atomic mass is 9.64. The zero-order valence-electron chi connectivity index (χ0n) is 14.0. The van der Waals surface area contributed by atoms with Crippen LogP contribution in [-0.2, 0) is 10.2 Å². The fourth-order valence-electron chi connectivity index (χ4n) is 2.91. The van der Waals surface area contributed by atoms with Gasteiger partial charge in [-0.15, -0.1) is 16.8 Å². The number of hydrogen-bond donors (Lipinski definition) is 2. The van der Waals surface area contributed by atoms with Gasteiger partial charge in [-0.1, -0.05) is 65.9 Å². The number of anilines is 1. The van der Waals surface area contributed by atoms with E-state index >= 15 is 0 Å². The first-order valence-electron chi connectivity index (χ1n) is 8.35. The Morgan fingerprint density at radius 3 is 2.80 bits per heavy atom. The molecule has 7 heteroatoms. The van der Waals surface area contributed by atoms with E-state index in [0.717, 1.165) is 22.3 Å². The maximum atomic E-state index is 12.2. The summed E-state index contributed by atoms with van der Waals surface area (Å²) in [6.45, 7) is 5.01. The second kappa shape index (κ2) is 8.49. The number of nitrogens with one attached hydrogen (secondary N) is 2. The van der Waals surface area contributed by atoms with Gasteiger partial charge < -0.3 is 10.6 Å². The van der Waals surface area contributed by atoms with Crippen molar-refractivity contribution in [1.29, 1.82) is 0 Å². The third-order valence-electron chi connectivity index (χ3n) is 4.45. The van der Waals surface area contributed by atoms with Crippen molar-refractivity contribution in [3.63, 3.8) is 0 Å². The molecule has 1 aromatic carbocycles. The van der Waals surface area contributed by atoms with Crippen LogP contribution in [0.25, 0.3) is 0 Å². The molecule has 5 nitrogen and oxygen atoms in total. The summed E-state index contributed by atoms with van der Waals surface area (Å²) in [6.07, 6.45) is 5.27. The number of carbonyl (C=O) groups excluding carboxylic acids is 1. The maximum Gasteiger partial charge on any atom is 0.230 e. The molecule has 1 aromatic heterocycles. The molecular weight excluding hydrogens is 352 g/mol. The largest absolute Gasteiger partial charge is 0.357 e. The Bertz CT molecular complexity index is 713. The second-order valence-corrected chi connectivity index (χ2v) is 8.31. The van der Waals surface area contributed by atoms with Gasteiger partial charge in [-0.05, 0) is 18.4 Å². The summed E-state index contributed by atoms with van der Waals surface area (Å²) in [4.78, 5) is 12.2. The molecule has 1 saturated carbocycles. The summed E-state index contributed by atoms with van der Waals surface area (Å²) in [5, 5.41) is 15.1. The van der Waals surface area contributed by atoms with E-state index in [9.17, 15) is 4.79 Å². The van der Waals surface area contributed by atoms with Crippen molar-refractivity contribution in [2.45, 2.75) is 29.0 Å². The Morgan fingerprint density at radius 2 is 2.12 bits per heavy atom. The minimum absolute atomic E-state index is 0.0445. The Hall–Kier alpha value is -1.86. The molecule has 1 aliphatic rings. The van der Waals surface area contributed by atoms with Crippen molar-refractivity contribution in [2.75, 3.05) is 24.2 Å². The first-order valence-corrected chi connectivity index (χ1v) is 10.2. The van der Waals surface area contributed by atoms with Crippen LogP contribution in [0.3, 0.4) is 0 Å². The molecule has 1 heterocycles. The molecule has 0 radical (unpaired) electrons. The zero-order valence-corrected chi connectivity index (χ0v) is 15.7. The van der Waals surface area contributed by atoms with Crippen molar-refractivity contribution in [2.24, 2.45) is 0 Å². The van der Waals surface area contributed by atoms with Crippen LogP contribution in [-0.4, -0.2) is 34.9 Å². The lowest BCUT2D eigenvalue weighted by molar-refractivity contribution is -0.119. The van der Waals surface area contributed by atoms with Gasteiger partial charge in [-0.3, -0.25) is 4.79 Å². The standard InChI is InChI=1S/C18H22N4OS2/c1-2-11-19-16-21-22-17(25-16)24-12-15(23)20-13-18(9-6-10-18)14-7-4-3-5-8-14/h2-5,7-8H,1,6,9-13H2,(H,19,21)(H,20,23). The summed E-state index contributed by atoms with van der Waals surface area (Å²) in [5.74, 6) is 0.407. The summed E-state index contributed by atoms with van der Waals surface area (Å²) < 4.78 is 0.795. The third-order valence-corrected chi connectivity index (χ3v) is 6.47. The van der Waals surface area contributed by atoms with Gasteiger partial charge in [0.2, 0.25) is 11.0 Å². The monoisotopic (exact) mass is 374 g/mol. The van der Waals surface area contributed by atoms with E-state index in [4.69, 9.17) is 0 Å². The molecule has 3 rings (SSSR count). The van der Waals surface area contributed by atoms with Gasteiger partial charge in [0.1, 0.15) is 0 Å². The fourth-order valence-corrected chi connectivity index (χ4v) is 4.50. The molecule has 25 heavy (non-hydrogen) atoms. The summed E-state index contributed by atoms with van der Waals surface area (Å²) in [6, 6.07) is 10.5. The van der Waals surface area contributed by atoms with Crippen LogP contribution in [0.2, 0.25) is 0 Å².